The summed E-state index contributed by atoms with van der Waals surface area (Å²) in [6.07, 6.45) is 0. The molecule has 0 aliphatic carbocycles. The highest BCUT2D eigenvalue weighted by Gasteiger charge is 2.03. The second-order valence-electron chi connectivity index (χ2n) is 3.10. The molecule has 0 amide bonds. The van der Waals surface area contributed by atoms with Crippen LogP contribution in [0.4, 0.5) is 4.39 Å². The monoisotopic (exact) mass is 320 g/mol. The molecular formula is C11H7BrClFOS. The smallest absolute Gasteiger partial charge is 0.142 e. The van der Waals surface area contributed by atoms with Gasteiger partial charge in [0.2, 0.25) is 0 Å². The zero-order valence-electron chi connectivity index (χ0n) is 8.04. The van der Waals surface area contributed by atoms with Gasteiger partial charge in [-0.25, -0.2) is 4.39 Å². The van der Waals surface area contributed by atoms with Gasteiger partial charge in [-0.3, -0.25) is 0 Å². The van der Waals surface area contributed by atoms with E-state index in [1.807, 2.05) is 11.4 Å². The molecule has 0 bridgehead atoms. The first-order chi connectivity index (χ1) is 7.65. The Morgan fingerprint density at radius 2 is 2.19 bits per heavy atom. The molecule has 2 aromatic rings. The molecule has 16 heavy (non-hydrogen) atoms. The van der Waals surface area contributed by atoms with Crippen molar-refractivity contribution in [3.63, 3.8) is 0 Å². The van der Waals surface area contributed by atoms with Crippen molar-refractivity contribution in [2.24, 2.45) is 0 Å². The first-order valence-electron chi connectivity index (χ1n) is 4.46. The fraction of sp³-hybridized carbons (Fsp3) is 0.0909. The zero-order valence-corrected chi connectivity index (χ0v) is 11.2. The number of rotatable bonds is 3. The van der Waals surface area contributed by atoms with Crippen molar-refractivity contribution in [3.8, 4) is 5.75 Å². The Kier molecular flexibility index (Phi) is 3.84. The zero-order chi connectivity index (χ0) is 11.5. The molecule has 5 heteroatoms. The number of hydrogen-bond acceptors (Lipinski definition) is 2. The summed E-state index contributed by atoms with van der Waals surface area (Å²) in [5.74, 6) is 0.129. The van der Waals surface area contributed by atoms with E-state index in [9.17, 15) is 4.39 Å². The largest absolute Gasteiger partial charge is 0.488 e. The van der Waals surface area contributed by atoms with Crippen LogP contribution in [0.15, 0.2) is 34.1 Å². The third-order valence-corrected chi connectivity index (χ3v) is 3.85. The van der Waals surface area contributed by atoms with Crippen molar-refractivity contribution in [2.45, 2.75) is 6.61 Å². The van der Waals surface area contributed by atoms with Crippen LogP contribution >= 0.6 is 38.9 Å². The van der Waals surface area contributed by atoms with Gasteiger partial charge in [0, 0.05) is 20.8 Å². The average Bonchev–Trinajstić information content (AvgIpc) is 2.66. The normalized spacial score (nSPS) is 10.4. The minimum atomic E-state index is -0.437. The Morgan fingerprint density at radius 3 is 2.81 bits per heavy atom. The van der Waals surface area contributed by atoms with Crippen molar-refractivity contribution in [2.75, 3.05) is 0 Å². The summed E-state index contributed by atoms with van der Waals surface area (Å²) in [5.41, 5.74) is 0. The van der Waals surface area contributed by atoms with E-state index in [0.717, 1.165) is 9.35 Å². The number of halogens is 3. The maximum atomic E-state index is 12.9. The molecule has 84 valence electrons. The summed E-state index contributed by atoms with van der Waals surface area (Å²) >= 11 is 10.6. The lowest BCUT2D eigenvalue weighted by atomic mass is 10.3. The SMILES string of the molecule is Fc1ccc(OCc2cc(Br)cs2)cc1Cl. The Hall–Kier alpha value is -0.580. The van der Waals surface area contributed by atoms with Crippen molar-refractivity contribution in [1.82, 2.24) is 0 Å². The van der Waals surface area contributed by atoms with E-state index in [4.69, 9.17) is 16.3 Å². The second-order valence-corrected chi connectivity index (χ2v) is 5.41. The first kappa shape index (κ1) is 11.9. The van der Waals surface area contributed by atoms with Crippen LogP contribution in [-0.4, -0.2) is 0 Å². The molecule has 0 aliphatic heterocycles. The maximum absolute atomic E-state index is 12.9. The molecule has 1 aromatic heterocycles. The summed E-state index contributed by atoms with van der Waals surface area (Å²) in [6, 6.07) is 6.31. The lowest BCUT2D eigenvalue weighted by Gasteiger charge is -2.04. The molecule has 0 fully saturated rings. The highest BCUT2D eigenvalue weighted by Crippen LogP contribution is 2.24. The second kappa shape index (κ2) is 5.17. The van der Waals surface area contributed by atoms with Gasteiger partial charge in [0.05, 0.1) is 5.02 Å². The first-order valence-corrected chi connectivity index (χ1v) is 6.51. The van der Waals surface area contributed by atoms with Crippen LogP contribution in [0.2, 0.25) is 5.02 Å². The van der Waals surface area contributed by atoms with E-state index in [-0.39, 0.29) is 5.02 Å². The van der Waals surface area contributed by atoms with Crippen LogP contribution in [0.3, 0.4) is 0 Å². The number of thiophene rings is 1. The number of hydrogen-bond donors (Lipinski definition) is 0. The van der Waals surface area contributed by atoms with Gasteiger partial charge >= 0.3 is 0 Å². The lowest BCUT2D eigenvalue weighted by molar-refractivity contribution is 0.309. The van der Waals surface area contributed by atoms with E-state index in [1.54, 1.807) is 17.4 Å². The Bertz CT molecular complexity index is 500. The third-order valence-electron chi connectivity index (χ3n) is 1.89. The predicted octanol–water partition coefficient (Wildman–Crippen LogP) is 4.88. The van der Waals surface area contributed by atoms with Gasteiger partial charge < -0.3 is 4.74 Å². The lowest BCUT2D eigenvalue weighted by Crippen LogP contribution is -1.93. The molecule has 0 atom stereocenters. The standard InChI is InChI=1S/C11H7BrClFOS/c12-7-3-9(16-6-7)5-15-8-1-2-11(14)10(13)4-8/h1-4,6H,5H2. The average molecular weight is 322 g/mol. The molecule has 0 spiro atoms. The maximum Gasteiger partial charge on any atom is 0.142 e. The minimum absolute atomic E-state index is 0.0739. The van der Waals surface area contributed by atoms with Gasteiger partial charge in [-0.1, -0.05) is 11.6 Å². The highest BCUT2D eigenvalue weighted by molar-refractivity contribution is 9.10. The van der Waals surface area contributed by atoms with Crippen LogP contribution in [0.5, 0.6) is 5.75 Å². The molecule has 0 N–H and O–H groups in total. The summed E-state index contributed by atoms with van der Waals surface area (Å²) in [4.78, 5) is 1.09. The van der Waals surface area contributed by atoms with Crippen LogP contribution in [0, 0.1) is 5.82 Å². The molecule has 2 rings (SSSR count). The quantitative estimate of drug-likeness (QED) is 0.782. The molecule has 1 aromatic carbocycles. The molecule has 0 aliphatic rings. The summed E-state index contributed by atoms with van der Waals surface area (Å²) in [7, 11) is 0. The third kappa shape index (κ3) is 2.97. The molecule has 1 nitrogen and oxygen atoms in total. The summed E-state index contributed by atoms with van der Waals surface area (Å²) in [5, 5.41) is 2.06. The molecule has 0 radical (unpaired) electrons. The van der Waals surface area contributed by atoms with Gasteiger partial charge in [-0.15, -0.1) is 11.3 Å². The highest BCUT2D eigenvalue weighted by atomic mass is 79.9. The Balaban J connectivity index is 2.02. The van der Waals surface area contributed by atoms with E-state index in [2.05, 4.69) is 15.9 Å². The number of benzene rings is 1. The minimum Gasteiger partial charge on any atom is -0.488 e. The van der Waals surface area contributed by atoms with Crippen molar-refractivity contribution in [1.29, 1.82) is 0 Å². The fourth-order valence-electron chi connectivity index (χ4n) is 1.15. The van der Waals surface area contributed by atoms with Gasteiger partial charge in [-0.05, 0) is 34.1 Å². The van der Waals surface area contributed by atoms with Gasteiger partial charge in [0.15, 0.2) is 0 Å². The van der Waals surface area contributed by atoms with E-state index in [1.165, 1.54) is 12.1 Å². The summed E-state index contributed by atoms with van der Waals surface area (Å²) < 4.78 is 19.4. The Labute approximate surface area is 110 Å². The molecule has 1 heterocycles. The molecule has 0 unspecified atom stereocenters. The predicted molar refractivity (Wildman–Crippen MR) is 67.8 cm³/mol. The topological polar surface area (TPSA) is 9.23 Å². The number of ether oxygens (including phenoxy) is 1. The van der Waals surface area contributed by atoms with E-state index < -0.39 is 5.82 Å². The van der Waals surface area contributed by atoms with Crippen molar-refractivity contribution in [3.05, 3.63) is 49.8 Å². The van der Waals surface area contributed by atoms with E-state index >= 15 is 0 Å². The van der Waals surface area contributed by atoms with Gasteiger partial charge in [0.25, 0.3) is 0 Å². The van der Waals surface area contributed by atoms with Crippen molar-refractivity contribution < 1.29 is 9.13 Å². The van der Waals surface area contributed by atoms with Gasteiger partial charge in [0.1, 0.15) is 18.2 Å². The molecule has 0 saturated carbocycles. The van der Waals surface area contributed by atoms with Gasteiger partial charge in [-0.2, -0.15) is 0 Å². The van der Waals surface area contributed by atoms with E-state index in [0.29, 0.717) is 12.4 Å². The van der Waals surface area contributed by atoms with Crippen LogP contribution in [0.1, 0.15) is 4.88 Å². The fourth-order valence-corrected chi connectivity index (χ4v) is 2.68. The van der Waals surface area contributed by atoms with Crippen LogP contribution in [-0.2, 0) is 6.61 Å². The Morgan fingerprint density at radius 1 is 1.38 bits per heavy atom. The molecular weight excluding hydrogens is 315 g/mol. The van der Waals surface area contributed by atoms with Crippen LogP contribution < -0.4 is 4.74 Å². The van der Waals surface area contributed by atoms with Crippen molar-refractivity contribution >= 4 is 38.9 Å². The molecule has 0 saturated heterocycles. The summed E-state index contributed by atoms with van der Waals surface area (Å²) in [6.45, 7) is 0.457. The van der Waals surface area contributed by atoms with Crippen LogP contribution in [0.25, 0.3) is 0 Å².